The molecule has 1 saturated heterocycles. The molecule has 8 heteroatoms. The maximum atomic E-state index is 13.6. The van der Waals surface area contributed by atoms with E-state index in [-0.39, 0.29) is 30.4 Å². The first-order chi connectivity index (χ1) is 17.4. The van der Waals surface area contributed by atoms with Crippen molar-refractivity contribution in [2.75, 3.05) is 40.5 Å². The number of methoxy groups -OCH3 is 2. The zero-order valence-corrected chi connectivity index (χ0v) is 21.5. The summed E-state index contributed by atoms with van der Waals surface area (Å²) in [6, 6.07) is 13.6. The number of nitrogens with zero attached hydrogens (tertiary/aromatic N) is 3. The summed E-state index contributed by atoms with van der Waals surface area (Å²) in [4.78, 5) is 27.8. The lowest BCUT2D eigenvalue weighted by Crippen LogP contribution is -2.43. The van der Waals surface area contributed by atoms with E-state index in [0.29, 0.717) is 50.5 Å². The monoisotopic (exact) mass is 493 g/mol. The van der Waals surface area contributed by atoms with Gasteiger partial charge in [0.15, 0.2) is 0 Å². The van der Waals surface area contributed by atoms with Gasteiger partial charge >= 0.3 is 5.97 Å². The number of rotatable bonds is 8. The summed E-state index contributed by atoms with van der Waals surface area (Å²) in [5, 5.41) is 6.47. The van der Waals surface area contributed by atoms with Crippen molar-refractivity contribution < 1.29 is 23.8 Å². The van der Waals surface area contributed by atoms with Crippen molar-refractivity contribution >= 4 is 17.6 Å². The van der Waals surface area contributed by atoms with E-state index < -0.39 is 0 Å². The van der Waals surface area contributed by atoms with Gasteiger partial charge in [0.2, 0.25) is 0 Å². The van der Waals surface area contributed by atoms with E-state index in [1.54, 1.807) is 19.2 Å². The van der Waals surface area contributed by atoms with Crippen molar-refractivity contribution in [2.24, 2.45) is 11.0 Å². The number of piperidine rings is 1. The van der Waals surface area contributed by atoms with Crippen molar-refractivity contribution in [3.8, 4) is 11.5 Å². The number of hydrogen-bond acceptors (Lipinski definition) is 7. The average Bonchev–Trinajstić information content (AvgIpc) is 3.34. The molecule has 0 saturated carbocycles. The third-order valence-electron chi connectivity index (χ3n) is 7.00. The number of likely N-dealkylation sites (tertiary alicyclic amines) is 1. The van der Waals surface area contributed by atoms with Crippen LogP contribution in [0.25, 0.3) is 0 Å². The third-order valence-corrected chi connectivity index (χ3v) is 7.00. The Morgan fingerprint density at radius 1 is 1.06 bits per heavy atom. The molecule has 0 N–H and O–H groups in total. The molecule has 0 spiro atoms. The van der Waals surface area contributed by atoms with Gasteiger partial charge in [0.25, 0.3) is 5.91 Å². The van der Waals surface area contributed by atoms with Gasteiger partial charge in [-0.25, -0.2) is 5.01 Å². The quantitative estimate of drug-likeness (QED) is 0.518. The minimum Gasteiger partial charge on any atom is -0.497 e. The highest BCUT2D eigenvalue weighted by molar-refractivity contribution is 6.05. The second-order valence-electron chi connectivity index (χ2n) is 9.23. The van der Waals surface area contributed by atoms with Gasteiger partial charge in [-0.15, -0.1) is 0 Å². The minimum absolute atomic E-state index is 0.0553. The largest absolute Gasteiger partial charge is 0.497 e. The molecule has 2 aliphatic heterocycles. The SMILES string of the molecule is CCOC(=O)C1CCN(CC(=O)N2N=C(c3ccc(OC)cc3OC)CC2c2ccccc2C)CC1. The lowest BCUT2D eigenvalue weighted by Gasteiger charge is -2.32. The molecule has 0 bridgehead atoms. The van der Waals surface area contributed by atoms with Crippen LogP contribution in [0.15, 0.2) is 47.6 Å². The minimum atomic E-state index is -0.197. The number of aryl methyl sites for hydroxylation is 1. The van der Waals surface area contributed by atoms with Crippen LogP contribution in [0.4, 0.5) is 0 Å². The fourth-order valence-electron chi connectivity index (χ4n) is 4.99. The summed E-state index contributed by atoms with van der Waals surface area (Å²) in [6.07, 6.45) is 1.99. The first-order valence-electron chi connectivity index (χ1n) is 12.5. The normalized spacial score (nSPS) is 18.6. The van der Waals surface area contributed by atoms with Crippen LogP contribution in [0.2, 0.25) is 0 Å². The van der Waals surface area contributed by atoms with Crippen LogP contribution in [0.3, 0.4) is 0 Å². The van der Waals surface area contributed by atoms with Crippen molar-refractivity contribution in [1.82, 2.24) is 9.91 Å². The number of benzene rings is 2. The Morgan fingerprint density at radius 3 is 2.47 bits per heavy atom. The van der Waals surface area contributed by atoms with Gasteiger partial charge in [-0.2, -0.15) is 5.10 Å². The number of carbonyl (C=O) groups excluding carboxylic acids is 2. The van der Waals surface area contributed by atoms with Crippen LogP contribution in [0.5, 0.6) is 11.5 Å². The van der Waals surface area contributed by atoms with Crippen molar-refractivity contribution in [3.05, 3.63) is 59.2 Å². The lowest BCUT2D eigenvalue weighted by molar-refractivity contribution is -0.149. The van der Waals surface area contributed by atoms with Gasteiger partial charge < -0.3 is 14.2 Å². The molecule has 0 aromatic heterocycles. The number of hydrazone groups is 1. The number of esters is 1. The third kappa shape index (κ3) is 5.54. The summed E-state index contributed by atoms with van der Waals surface area (Å²) in [5.41, 5.74) is 3.85. The Morgan fingerprint density at radius 2 is 1.81 bits per heavy atom. The Kier molecular flexibility index (Phi) is 8.25. The van der Waals surface area contributed by atoms with Gasteiger partial charge in [0.1, 0.15) is 11.5 Å². The molecule has 1 fully saturated rings. The van der Waals surface area contributed by atoms with Crippen LogP contribution < -0.4 is 9.47 Å². The fourth-order valence-corrected chi connectivity index (χ4v) is 4.99. The highest BCUT2D eigenvalue weighted by Gasteiger charge is 2.36. The molecular weight excluding hydrogens is 458 g/mol. The molecule has 2 aromatic rings. The Balaban J connectivity index is 1.55. The van der Waals surface area contributed by atoms with Crippen LogP contribution in [-0.2, 0) is 14.3 Å². The second kappa shape index (κ2) is 11.6. The average molecular weight is 494 g/mol. The molecule has 0 radical (unpaired) electrons. The highest BCUT2D eigenvalue weighted by atomic mass is 16.5. The van der Waals surface area contributed by atoms with E-state index in [9.17, 15) is 9.59 Å². The van der Waals surface area contributed by atoms with Gasteiger partial charge in [0.05, 0.1) is 45.0 Å². The van der Waals surface area contributed by atoms with Crippen LogP contribution in [0, 0.1) is 12.8 Å². The van der Waals surface area contributed by atoms with E-state index in [1.807, 2.05) is 37.3 Å². The van der Waals surface area contributed by atoms with Crippen LogP contribution in [0.1, 0.15) is 48.9 Å². The zero-order valence-electron chi connectivity index (χ0n) is 21.5. The summed E-state index contributed by atoms with van der Waals surface area (Å²) in [5.74, 6) is 1.08. The highest BCUT2D eigenvalue weighted by Crippen LogP contribution is 2.37. The number of amides is 1. The summed E-state index contributed by atoms with van der Waals surface area (Å²) in [7, 11) is 3.24. The maximum absolute atomic E-state index is 13.6. The molecule has 2 aromatic carbocycles. The fraction of sp³-hybridized carbons (Fsp3) is 0.464. The molecular formula is C28H35N3O5. The van der Waals surface area contributed by atoms with Gasteiger partial charge in [-0.05, 0) is 63.0 Å². The molecule has 1 atom stereocenters. The molecule has 2 aliphatic rings. The van der Waals surface area contributed by atoms with Crippen LogP contribution >= 0.6 is 0 Å². The molecule has 8 nitrogen and oxygen atoms in total. The van der Waals surface area contributed by atoms with Gasteiger partial charge in [0, 0.05) is 18.1 Å². The van der Waals surface area contributed by atoms with Gasteiger partial charge in [-0.1, -0.05) is 24.3 Å². The molecule has 1 unspecified atom stereocenters. The number of carbonyl (C=O) groups is 2. The van der Waals surface area contributed by atoms with Gasteiger partial charge in [-0.3, -0.25) is 14.5 Å². The van der Waals surface area contributed by atoms with Crippen molar-refractivity contribution in [2.45, 2.75) is 39.2 Å². The first-order valence-corrected chi connectivity index (χ1v) is 12.5. The van der Waals surface area contributed by atoms with E-state index in [1.165, 1.54) is 0 Å². The molecule has 2 heterocycles. The maximum Gasteiger partial charge on any atom is 0.309 e. The summed E-state index contributed by atoms with van der Waals surface area (Å²) in [6.45, 7) is 5.90. The Bertz CT molecular complexity index is 1120. The second-order valence-corrected chi connectivity index (χ2v) is 9.23. The Hall–Kier alpha value is -3.39. The van der Waals surface area contributed by atoms with Crippen molar-refractivity contribution in [1.29, 1.82) is 0 Å². The summed E-state index contributed by atoms with van der Waals surface area (Å²) < 4.78 is 16.1. The van der Waals surface area contributed by atoms with E-state index >= 15 is 0 Å². The Labute approximate surface area is 212 Å². The predicted molar refractivity (Wildman–Crippen MR) is 137 cm³/mol. The topological polar surface area (TPSA) is 80.7 Å². The van der Waals surface area contributed by atoms with Crippen LogP contribution in [-0.4, -0.2) is 68.0 Å². The molecule has 36 heavy (non-hydrogen) atoms. The predicted octanol–water partition coefficient (Wildman–Crippen LogP) is 3.97. The van der Waals surface area contributed by atoms with Crippen molar-refractivity contribution in [3.63, 3.8) is 0 Å². The summed E-state index contributed by atoms with van der Waals surface area (Å²) >= 11 is 0. The first kappa shape index (κ1) is 25.7. The standard InChI is InChI=1S/C28H35N3O5/c1-5-36-28(33)20-12-14-30(15-13-20)18-27(32)31-25(22-9-7-6-8-19(22)2)17-24(29-31)23-11-10-21(34-3)16-26(23)35-4/h6-11,16,20,25H,5,12-15,17-18H2,1-4H3. The van der Waals surface area contributed by atoms with E-state index in [2.05, 4.69) is 24.0 Å². The van der Waals surface area contributed by atoms with E-state index in [4.69, 9.17) is 19.3 Å². The number of hydrogen-bond donors (Lipinski definition) is 0. The molecule has 192 valence electrons. The van der Waals surface area contributed by atoms with E-state index in [0.717, 1.165) is 22.4 Å². The zero-order chi connectivity index (χ0) is 25.7. The molecule has 1 amide bonds. The number of ether oxygens (including phenoxy) is 3. The molecule has 4 rings (SSSR count). The lowest BCUT2D eigenvalue weighted by atomic mass is 9.94. The smallest absolute Gasteiger partial charge is 0.309 e. The molecule has 0 aliphatic carbocycles.